The first kappa shape index (κ1) is 20.3. The van der Waals surface area contributed by atoms with Gasteiger partial charge in [0.1, 0.15) is 11.9 Å². The van der Waals surface area contributed by atoms with Crippen molar-refractivity contribution in [3.05, 3.63) is 48.0 Å². The number of ether oxygens (including phenoxy) is 2. The average Bonchev–Trinajstić information content (AvgIpc) is 3.13. The fourth-order valence-electron chi connectivity index (χ4n) is 4.21. The number of hydrogen-bond acceptors (Lipinski definition) is 4. The highest BCUT2D eigenvalue weighted by molar-refractivity contribution is 7.98. The average molecular weight is 412 g/mol. The summed E-state index contributed by atoms with van der Waals surface area (Å²) in [5.41, 5.74) is 3.41. The molecule has 154 valence electrons. The van der Waals surface area contributed by atoms with Gasteiger partial charge in [-0.1, -0.05) is 18.2 Å². The van der Waals surface area contributed by atoms with Gasteiger partial charge in [-0.05, 0) is 73.9 Å². The maximum atomic E-state index is 12.6. The minimum Gasteiger partial charge on any atom is -0.488 e. The standard InChI is InChI=1S/C24H29NO3S/c1-24(2)14-18(10-11-27-24)23(26)25-15-20-13-19-12-17(6-9-22(19)28-20)16-4-7-21(29-3)8-5-16/h4-9,12,18,20H,10-11,13-15H2,1-3H3,(H,25,26)/t18-,20+/m1/s1. The van der Waals surface area contributed by atoms with Crippen LogP contribution in [0.4, 0.5) is 0 Å². The molecule has 4 nitrogen and oxygen atoms in total. The van der Waals surface area contributed by atoms with E-state index >= 15 is 0 Å². The number of fused-ring (bicyclic) bond motifs is 1. The highest BCUT2D eigenvalue weighted by Crippen LogP contribution is 2.34. The molecule has 0 unspecified atom stereocenters. The Hall–Kier alpha value is -1.98. The second-order valence-electron chi connectivity index (χ2n) is 8.54. The lowest BCUT2D eigenvalue weighted by Crippen LogP contribution is -2.43. The van der Waals surface area contributed by atoms with Crippen LogP contribution in [-0.2, 0) is 16.0 Å². The third-order valence-corrected chi connectivity index (χ3v) is 6.54. The van der Waals surface area contributed by atoms with E-state index in [2.05, 4.69) is 67.9 Å². The largest absolute Gasteiger partial charge is 0.488 e. The number of nitrogens with one attached hydrogen (secondary N) is 1. The molecule has 1 N–H and O–H groups in total. The topological polar surface area (TPSA) is 47.6 Å². The zero-order valence-corrected chi connectivity index (χ0v) is 18.2. The van der Waals surface area contributed by atoms with Gasteiger partial charge < -0.3 is 14.8 Å². The van der Waals surface area contributed by atoms with Crippen LogP contribution >= 0.6 is 11.8 Å². The van der Waals surface area contributed by atoms with Gasteiger partial charge in [0, 0.05) is 23.8 Å². The second kappa shape index (κ2) is 8.41. The van der Waals surface area contributed by atoms with Crippen LogP contribution in [0, 0.1) is 5.92 Å². The molecule has 2 aromatic carbocycles. The van der Waals surface area contributed by atoms with Gasteiger partial charge >= 0.3 is 0 Å². The molecular formula is C24H29NO3S. The summed E-state index contributed by atoms with van der Waals surface area (Å²) in [5.74, 6) is 1.08. The van der Waals surface area contributed by atoms with Crippen molar-refractivity contribution in [1.82, 2.24) is 5.32 Å². The van der Waals surface area contributed by atoms with Gasteiger partial charge in [0.25, 0.3) is 0 Å². The van der Waals surface area contributed by atoms with Gasteiger partial charge in [0.05, 0.1) is 12.1 Å². The predicted octanol–water partition coefficient (Wildman–Crippen LogP) is 4.70. The molecule has 1 saturated heterocycles. The van der Waals surface area contributed by atoms with Gasteiger partial charge in [-0.25, -0.2) is 0 Å². The summed E-state index contributed by atoms with van der Waals surface area (Å²) >= 11 is 1.75. The number of carbonyl (C=O) groups excluding carboxylic acids is 1. The first-order valence-corrected chi connectivity index (χ1v) is 11.5. The van der Waals surface area contributed by atoms with Crippen molar-refractivity contribution >= 4 is 17.7 Å². The third-order valence-electron chi connectivity index (χ3n) is 5.80. The summed E-state index contributed by atoms with van der Waals surface area (Å²) in [6.45, 7) is 5.30. The minimum absolute atomic E-state index is 0.00378. The third kappa shape index (κ3) is 4.78. The van der Waals surface area contributed by atoms with Crippen molar-refractivity contribution in [1.29, 1.82) is 0 Å². The first-order valence-electron chi connectivity index (χ1n) is 10.3. The molecule has 29 heavy (non-hydrogen) atoms. The van der Waals surface area contributed by atoms with Crippen LogP contribution in [0.5, 0.6) is 5.75 Å². The lowest BCUT2D eigenvalue weighted by molar-refractivity contribution is -0.135. The van der Waals surface area contributed by atoms with Crippen LogP contribution in [0.3, 0.4) is 0 Å². The molecule has 0 spiro atoms. The molecule has 2 aliphatic rings. The van der Waals surface area contributed by atoms with Gasteiger partial charge in [0.2, 0.25) is 5.91 Å². The molecule has 4 rings (SSSR count). The molecule has 1 fully saturated rings. The predicted molar refractivity (Wildman–Crippen MR) is 118 cm³/mol. The number of carbonyl (C=O) groups is 1. The van der Waals surface area contributed by atoms with E-state index in [-0.39, 0.29) is 23.5 Å². The van der Waals surface area contributed by atoms with Crippen molar-refractivity contribution < 1.29 is 14.3 Å². The zero-order valence-electron chi connectivity index (χ0n) is 17.4. The Kier molecular flexibility index (Phi) is 5.88. The molecule has 2 atom stereocenters. The van der Waals surface area contributed by atoms with E-state index in [4.69, 9.17) is 9.47 Å². The van der Waals surface area contributed by atoms with Crippen LogP contribution in [0.2, 0.25) is 0 Å². The number of amides is 1. The van der Waals surface area contributed by atoms with Crippen LogP contribution in [0.1, 0.15) is 32.3 Å². The summed E-state index contributed by atoms with van der Waals surface area (Å²) in [4.78, 5) is 13.8. The molecule has 1 amide bonds. The Balaban J connectivity index is 1.34. The molecular weight excluding hydrogens is 382 g/mol. The Labute approximate surface area is 177 Å². The summed E-state index contributed by atoms with van der Waals surface area (Å²) in [7, 11) is 0. The van der Waals surface area contributed by atoms with Gasteiger partial charge in [-0.15, -0.1) is 11.8 Å². The molecule has 5 heteroatoms. The van der Waals surface area contributed by atoms with Crippen LogP contribution in [-0.4, -0.2) is 37.0 Å². The molecule has 2 aromatic rings. The van der Waals surface area contributed by atoms with Gasteiger partial charge in [-0.3, -0.25) is 4.79 Å². The SMILES string of the molecule is CSc1ccc(-c2ccc3c(c2)C[C@@H](CNC(=O)[C@@H]2CCOC(C)(C)C2)O3)cc1. The van der Waals surface area contributed by atoms with E-state index in [0.717, 1.165) is 25.0 Å². The summed E-state index contributed by atoms with van der Waals surface area (Å²) < 4.78 is 11.8. The summed E-state index contributed by atoms with van der Waals surface area (Å²) in [6.07, 6.45) is 4.47. The van der Waals surface area contributed by atoms with Crippen LogP contribution in [0.25, 0.3) is 11.1 Å². The van der Waals surface area contributed by atoms with Gasteiger partial charge in [-0.2, -0.15) is 0 Å². The molecule has 0 radical (unpaired) electrons. The number of benzene rings is 2. The maximum Gasteiger partial charge on any atom is 0.223 e. The van der Waals surface area contributed by atoms with Crippen molar-refractivity contribution in [3.63, 3.8) is 0 Å². The Morgan fingerprint density at radius 2 is 1.93 bits per heavy atom. The first-order chi connectivity index (χ1) is 13.9. The number of thioether (sulfide) groups is 1. The summed E-state index contributed by atoms with van der Waals surface area (Å²) in [6, 6.07) is 15.0. The van der Waals surface area contributed by atoms with Crippen molar-refractivity contribution in [3.8, 4) is 16.9 Å². The molecule has 0 saturated carbocycles. The van der Waals surface area contributed by atoms with E-state index < -0.39 is 0 Å². The summed E-state index contributed by atoms with van der Waals surface area (Å²) in [5, 5.41) is 3.10. The Bertz CT molecular complexity index is 878. The van der Waals surface area contributed by atoms with Crippen LogP contribution in [0.15, 0.2) is 47.4 Å². The van der Waals surface area contributed by atoms with Crippen LogP contribution < -0.4 is 10.1 Å². The van der Waals surface area contributed by atoms with E-state index in [9.17, 15) is 4.79 Å². The minimum atomic E-state index is -0.217. The quantitative estimate of drug-likeness (QED) is 0.725. The fraction of sp³-hybridized carbons (Fsp3) is 0.458. The highest BCUT2D eigenvalue weighted by Gasteiger charge is 2.33. The maximum absolute atomic E-state index is 12.6. The van der Waals surface area contributed by atoms with E-state index in [1.54, 1.807) is 11.8 Å². The van der Waals surface area contributed by atoms with Crippen molar-refractivity contribution in [2.24, 2.45) is 5.92 Å². The second-order valence-corrected chi connectivity index (χ2v) is 9.42. The van der Waals surface area contributed by atoms with Crippen molar-refractivity contribution in [2.45, 2.75) is 49.7 Å². The van der Waals surface area contributed by atoms with Crippen molar-refractivity contribution in [2.75, 3.05) is 19.4 Å². The molecule has 0 aromatic heterocycles. The van der Waals surface area contributed by atoms with E-state index in [1.165, 1.54) is 21.6 Å². The highest BCUT2D eigenvalue weighted by atomic mass is 32.2. The number of rotatable bonds is 5. The Morgan fingerprint density at radius 1 is 1.17 bits per heavy atom. The number of hydrogen-bond donors (Lipinski definition) is 1. The fourth-order valence-corrected chi connectivity index (χ4v) is 4.62. The molecule has 2 heterocycles. The Morgan fingerprint density at radius 3 is 2.66 bits per heavy atom. The van der Waals surface area contributed by atoms with Gasteiger partial charge in [0.15, 0.2) is 0 Å². The normalized spacial score (nSPS) is 22.6. The molecule has 2 aliphatic heterocycles. The lowest BCUT2D eigenvalue weighted by atomic mass is 9.88. The van der Waals surface area contributed by atoms with E-state index in [1.807, 2.05) is 0 Å². The monoisotopic (exact) mass is 411 g/mol. The molecule has 0 aliphatic carbocycles. The molecule has 0 bridgehead atoms. The lowest BCUT2D eigenvalue weighted by Gasteiger charge is -2.34. The van der Waals surface area contributed by atoms with E-state index in [0.29, 0.717) is 13.2 Å². The smallest absolute Gasteiger partial charge is 0.223 e. The zero-order chi connectivity index (χ0) is 20.4.